The monoisotopic (exact) mass is 415 g/mol. The minimum atomic E-state index is -0.562. The maximum Gasteiger partial charge on any atom is 0.340 e. The number of benzene rings is 1. The summed E-state index contributed by atoms with van der Waals surface area (Å²) in [6, 6.07) is 3.34. The van der Waals surface area contributed by atoms with Gasteiger partial charge in [0.1, 0.15) is 22.1 Å². The molecule has 9 heteroatoms. The van der Waals surface area contributed by atoms with E-state index in [1.165, 1.54) is 32.0 Å². The van der Waals surface area contributed by atoms with Crippen molar-refractivity contribution in [1.29, 1.82) is 0 Å². The summed E-state index contributed by atoms with van der Waals surface area (Å²) >= 11 is 1.39. The van der Waals surface area contributed by atoms with Gasteiger partial charge in [0, 0.05) is 18.1 Å². The maximum atomic E-state index is 12.5. The van der Waals surface area contributed by atoms with Gasteiger partial charge >= 0.3 is 5.63 Å². The first-order valence-electron chi connectivity index (χ1n) is 9.31. The number of hydrogen-bond acceptors (Lipinski definition) is 8. The second-order valence-corrected chi connectivity index (χ2v) is 8.00. The van der Waals surface area contributed by atoms with Crippen LogP contribution in [0, 0.1) is 6.92 Å². The van der Waals surface area contributed by atoms with E-state index in [-0.39, 0.29) is 17.9 Å². The molecule has 1 aliphatic rings. The Morgan fingerprint density at radius 1 is 1.28 bits per heavy atom. The summed E-state index contributed by atoms with van der Waals surface area (Å²) < 4.78 is 16.1. The predicted molar refractivity (Wildman–Crippen MR) is 109 cm³/mol. The molecule has 1 amide bonds. The first-order chi connectivity index (χ1) is 14.0. The van der Waals surface area contributed by atoms with Crippen LogP contribution in [0.2, 0.25) is 0 Å². The Hall–Kier alpha value is -2.94. The number of carbonyl (C=O) groups is 1. The van der Waals surface area contributed by atoms with Crippen molar-refractivity contribution in [1.82, 2.24) is 10.2 Å². The van der Waals surface area contributed by atoms with E-state index in [9.17, 15) is 9.59 Å². The van der Waals surface area contributed by atoms with Crippen molar-refractivity contribution >= 4 is 33.3 Å². The van der Waals surface area contributed by atoms with Gasteiger partial charge in [0.2, 0.25) is 11.0 Å². The second-order valence-electron chi connectivity index (χ2n) is 6.99. The molecule has 2 aromatic heterocycles. The number of nitrogens with one attached hydrogen (secondary N) is 1. The van der Waals surface area contributed by atoms with Crippen molar-refractivity contribution in [2.45, 2.75) is 38.5 Å². The summed E-state index contributed by atoms with van der Waals surface area (Å²) in [5.74, 6) is 1.14. The van der Waals surface area contributed by atoms with Gasteiger partial charge in [0.05, 0.1) is 31.6 Å². The summed E-state index contributed by atoms with van der Waals surface area (Å²) in [5.41, 5.74) is 0.704. The van der Waals surface area contributed by atoms with Crippen molar-refractivity contribution in [3.8, 4) is 11.5 Å². The zero-order valence-corrected chi connectivity index (χ0v) is 17.2. The summed E-state index contributed by atoms with van der Waals surface area (Å²) in [5, 5.41) is 13.0. The number of anilines is 1. The first kappa shape index (κ1) is 19.4. The minimum absolute atomic E-state index is 0.127. The van der Waals surface area contributed by atoms with E-state index in [4.69, 9.17) is 13.9 Å². The molecule has 1 aliphatic carbocycles. The Labute approximate surface area is 170 Å². The van der Waals surface area contributed by atoms with Gasteiger partial charge in [-0.1, -0.05) is 17.8 Å². The number of aromatic nitrogens is 2. The van der Waals surface area contributed by atoms with Gasteiger partial charge in [-0.25, -0.2) is 4.79 Å². The van der Waals surface area contributed by atoms with E-state index in [1.54, 1.807) is 19.1 Å². The molecule has 0 atom stereocenters. The van der Waals surface area contributed by atoms with Crippen LogP contribution in [0.5, 0.6) is 11.5 Å². The molecule has 8 nitrogen and oxygen atoms in total. The van der Waals surface area contributed by atoms with Crippen LogP contribution in [0.3, 0.4) is 0 Å². The van der Waals surface area contributed by atoms with Gasteiger partial charge in [-0.3, -0.25) is 4.79 Å². The van der Waals surface area contributed by atoms with Crippen molar-refractivity contribution in [3.63, 3.8) is 0 Å². The number of nitrogens with zero attached hydrogens (tertiary/aromatic N) is 2. The molecule has 3 aromatic rings. The molecule has 0 radical (unpaired) electrons. The Morgan fingerprint density at radius 2 is 2.07 bits per heavy atom. The van der Waals surface area contributed by atoms with E-state index >= 15 is 0 Å². The lowest BCUT2D eigenvalue weighted by Crippen LogP contribution is -2.20. The normalized spacial score (nSPS) is 13.9. The fourth-order valence-corrected chi connectivity index (χ4v) is 4.32. The van der Waals surface area contributed by atoms with E-state index in [0.717, 1.165) is 17.8 Å². The fourth-order valence-electron chi connectivity index (χ4n) is 3.39. The molecule has 1 N–H and O–H groups in total. The highest BCUT2D eigenvalue weighted by molar-refractivity contribution is 7.15. The van der Waals surface area contributed by atoms with Crippen LogP contribution in [0.1, 0.15) is 41.3 Å². The average molecular weight is 415 g/mol. The van der Waals surface area contributed by atoms with Crippen molar-refractivity contribution in [2.75, 3.05) is 19.5 Å². The number of aryl methyl sites for hydroxylation is 1. The number of amides is 1. The number of ether oxygens (including phenoxy) is 2. The van der Waals surface area contributed by atoms with E-state index < -0.39 is 5.63 Å². The van der Waals surface area contributed by atoms with Crippen molar-refractivity contribution in [3.05, 3.63) is 38.7 Å². The highest BCUT2D eigenvalue weighted by Gasteiger charge is 2.24. The molecule has 1 aromatic carbocycles. The molecule has 0 spiro atoms. The Kier molecular flexibility index (Phi) is 5.23. The highest BCUT2D eigenvalue weighted by Crippen LogP contribution is 2.38. The lowest BCUT2D eigenvalue weighted by atomic mass is 9.86. The molecule has 0 unspecified atom stereocenters. The SMILES string of the molecule is COc1cc(OC)c2c(C)c(CC(=O)Nc3nnc(C4CCC4)s3)c(=O)oc2c1. The summed E-state index contributed by atoms with van der Waals surface area (Å²) in [4.78, 5) is 25.1. The standard InChI is InChI=1S/C20H21N3O5S/c1-10-13(9-16(24)21-20-23-22-18(29-20)11-5-4-6-11)19(25)28-15-8-12(26-2)7-14(27-3)17(10)15/h7-8,11H,4-6,9H2,1-3H3,(H,21,23,24). The summed E-state index contributed by atoms with van der Waals surface area (Å²) in [7, 11) is 3.05. The quantitative estimate of drug-likeness (QED) is 0.615. The van der Waals surface area contributed by atoms with Crippen LogP contribution in [-0.4, -0.2) is 30.3 Å². The lowest BCUT2D eigenvalue weighted by Gasteiger charge is -2.21. The molecule has 1 saturated carbocycles. The van der Waals surface area contributed by atoms with Crippen LogP contribution in [-0.2, 0) is 11.2 Å². The van der Waals surface area contributed by atoms with Gasteiger partial charge in [-0.05, 0) is 25.3 Å². The van der Waals surface area contributed by atoms with Crippen LogP contribution in [0.25, 0.3) is 11.0 Å². The maximum absolute atomic E-state index is 12.5. The number of fused-ring (bicyclic) bond motifs is 1. The molecule has 152 valence electrons. The molecular weight excluding hydrogens is 394 g/mol. The largest absolute Gasteiger partial charge is 0.496 e. The summed E-state index contributed by atoms with van der Waals surface area (Å²) in [6.07, 6.45) is 3.31. The molecule has 0 bridgehead atoms. The van der Waals surface area contributed by atoms with Gasteiger partial charge < -0.3 is 19.2 Å². The van der Waals surface area contributed by atoms with Gasteiger partial charge in [0.15, 0.2) is 0 Å². The second kappa shape index (κ2) is 7.82. The fraction of sp³-hybridized carbons (Fsp3) is 0.400. The molecule has 0 saturated heterocycles. The zero-order chi connectivity index (χ0) is 20.5. The summed E-state index contributed by atoms with van der Waals surface area (Å²) in [6.45, 7) is 1.77. The van der Waals surface area contributed by atoms with E-state index in [0.29, 0.717) is 39.1 Å². The van der Waals surface area contributed by atoms with Crippen LogP contribution in [0.4, 0.5) is 5.13 Å². The van der Waals surface area contributed by atoms with E-state index in [2.05, 4.69) is 15.5 Å². The zero-order valence-electron chi connectivity index (χ0n) is 16.4. The molecular formula is C20H21N3O5S. The number of rotatable bonds is 6. The molecule has 29 heavy (non-hydrogen) atoms. The first-order valence-corrected chi connectivity index (χ1v) is 10.1. The minimum Gasteiger partial charge on any atom is -0.496 e. The van der Waals surface area contributed by atoms with Gasteiger partial charge in [-0.2, -0.15) is 0 Å². The van der Waals surface area contributed by atoms with Gasteiger partial charge in [-0.15, -0.1) is 10.2 Å². The smallest absolute Gasteiger partial charge is 0.340 e. The van der Waals surface area contributed by atoms with Crippen LogP contribution < -0.4 is 20.4 Å². The molecule has 4 rings (SSSR count). The van der Waals surface area contributed by atoms with Crippen LogP contribution >= 0.6 is 11.3 Å². The van der Waals surface area contributed by atoms with Gasteiger partial charge in [0.25, 0.3) is 0 Å². The Balaban J connectivity index is 1.60. The average Bonchev–Trinajstić information content (AvgIpc) is 3.10. The van der Waals surface area contributed by atoms with Crippen molar-refractivity contribution < 1.29 is 18.7 Å². The Bertz CT molecular complexity index is 1130. The molecule has 2 heterocycles. The highest BCUT2D eigenvalue weighted by atomic mass is 32.1. The number of carbonyl (C=O) groups excluding carboxylic acids is 1. The number of hydrogen-bond donors (Lipinski definition) is 1. The van der Waals surface area contributed by atoms with E-state index in [1.807, 2.05) is 0 Å². The third-order valence-corrected chi connectivity index (χ3v) is 6.25. The lowest BCUT2D eigenvalue weighted by molar-refractivity contribution is -0.115. The number of methoxy groups -OCH3 is 2. The Morgan fingerprint density at radius 3 is 2.72 bits per heavy atom. The molecule has 1 fully saturated rings. The molecule has 0 aliphatic heterocycles. The van der Waals surface area contributed by atoms with Crippen molar-refractivity contribution in [2.24, 2.45) is 0 Å². The third kappa shape index (κ3) is 3.69. The predicted octanol–water partition coefficient (Wildman–Crippen LogP) is 3.42. The van der Waals surface area contributed by atoms with Crippen LogP contribution in [0.15, 0.2) is 21.3 Å². The third-order valence-electron chi connectivity index (χ3n) is 5.25. The topological polar surface area (TPSA) is 104 Å².